The molecule has 100 valence electrons. The van der Waals surface area contributed by atoms with Gasteiger partial charge in [0.2, 0.25) is 0 Å². The van der Waals surface area contributed by atoms with Gasteiger partial charge < -0.3 is 10.0 Å². The number of aliphatic hydroxyl groups is 1. The van der Waals surface area contributed by atoms with Gasteiger partial charge in [0.25, 0.3) is 0 Å². The summed E-state index contributed by atoms with van der Waals surface area (Å²) in [5.74, 6) is 0.549. The first-order chi connectivity index (χ1) is 8.18. The lowest BCUT2D eigenvalue weighted by molar-refractivity contribution is 0.0210. The molecule has 2 aliphatic rings. The highest BCUT2D eigenvalue weighted by atomic mass is 16.3. The minimum absolute atomic E-state index is 0.0336. The molecule has 1 aliphatic carbocycles. The third-order valence-electron chi connectivity index (χ3n) is 4.52. The van der Waals surface area contributed by atoms with Crippen molar-refractivity contribution in [3.63, 3.8) is 0 Å². The van der Waals surface area contributed by atoms with Crippen LogP contribution in [0.2, 0.25) is 0 Å². The summed E-state index contributed by atoms with van der Waals surface area (Å²) in [4.78, 5) is 4.88. The molecule has 0 aromatic carbocycles. The molecular weight excluding hydrogens is 212 g/mol. The Morgan fingerprint density at radius 2 is 1.88 bits per heavy atom. The molecule has 1 N–H and O–H groups in total. The van der Waals surface area contributed by atoms with Crippen molar-refractivity contribution in [1.82, 2.24) is 9.80 Å². The van der Waals surface area contributed by atoms with Crippen LogP contribution in [0.15, 0.2) is 0 Å². The molecule has 1 saturated heterocycles. The average Bonchev–Trinajstić information content (AvgIpc) is 2.75. The molecule has 0 radical (unpaired) electrons. The van der Waals surface area contributed by atoms with Crippen LogP contribution in [0.5, 0.6) is 0 Å². The first-order valence-corrected chi connectivity index (χ1v) is 7.25. The maximum absolute atomic E-state index is 10.2. The van der Waals surface area contributed by atoms with Crippen LogP contribution < -0.4 is 0 Å². The van der Waals surface area contributed by atoms with E-state index in [1.165, 1.54) is 45.2 Å². The Hall–Kier alpha value is -0.120. The van der Waals surface area contributed by atoms with Gasteiger partial charge in [-0.3, -0.25) is 4.90 Å². The molecule has 3 atom stereocenters. The van der Waals surface area contributed by atoms with E-state index < -0.39 is 0 Å². The van der Waals surface area contributed by atoms with Gasteiger partial charge in [0, 0.05) is 25.0 Å². The van der Waals surface area contributed by atoms with Crippen LogP contribution in [0, 0.1) is 5.92 Å². The smallest absolute Gasteiger partial charge is 0.0583 e. The van der Waals surface area contributed by atoms with Crippen LogP contribution in [0.4, 0.5) is 0 Å². The molecule has 0 aromatic heterocycles. The normalized spacial score (nSPS) is 35.6. The predicted molar refractivity (Wildman–Crippen MR) is 71.1 cm³/mol. The van der Waals surface area contributed by atoms with Crippen molar-refractivity contribution < 1.29 is 5.11 Å². The van der Waals surface area contributed by atoms with Gasteiger partial charge in [-0.05, 0) is 46.3 Å². The third-order valence-corrected chi connectivity index (χ3v) is 4.52. The van der Waals surface area contributed by atoms with Crippen molar-refractivity contribution in [2.75, 3.05) is 33.7 Å². The number of nitrogens with zero attached hydrogens (tertiary/aromatic N) is 2. The summed E-state index contributed by atoms with van der Waals surface area (Å²) in [7, 11) is 4.28. The van der Waals surface area contributed by atoms with Crippen LogP contribution in [0.1, 0.15) is 38.5 Å². The van der Waals surface area contributed by atoms with Gasteiger partial charge in [-0.2, -0.15) is 0 Å². The topological polar surface area (TPSA) is 26.7 Å². The van der Waals surface area contributed by atoms with Gasteiger partial charge in [0.15, 0.2) is 0 Å². The Kier molecular flexibility index (Phi) is 4.83. The summed E-state index contributed by atoms with van der Waals surface area (Å²) in [6, 6.07) is 0.658. The fraction of sp³-hybridized carbons (Fsp3) is 1.00. The number of aliphatic hydroxyl groups excluding tert-OH is 1. The van der Waals surface area contributed by atoms with Crippen LogP contribution in [0.3, 0.4) is 0 Å². The van der Waals surface area contributed by atoms with Gasteiger partial charge in [-0.15, -0.1) is 0 Å². The molecule has 0 spiro atoms. The number of hydrogen-bond acceptors (Lipinski definition) is 3. The van der Waals surface area contributed by atoms with E-state index in [-0.39, 0.29) is 6.10 Å². The van der Waals surface area contributed by atoms with E-state index in [0.717, 1.165) is 13.0 Å². The van der Waals surface area contributed by atoms with Gasteiger partial charge in [0.1, 0.15) is 0 Å². The lowest BCUT2D eigenvalue weighted by Crippen LogP contribution is -2.44. The Morgan fingerprint density at radius 3 is 2.59 bits per heavy atom. The van der Waals surface area contributed by atoms with Gasteiger partial charge in [0.05, 0.1) is 6.10 Å². The second-order valence-corrected chi connectivity index (χ2v) is 6.06. The van der Waals surface area contributed by atoms with Crippen LogP contribution in [0.25, 0.3) is 0 Å². The second kappa shape index (κ2) is 6.17. The zero-order valence-corrected chi connectivity index (χ0v) is 11.4. The number of likely N-dealkylation sites (tertiary alicyclic amines) is 1. The molecule has 3 unspecified atom stereocenters. The molecule has 1 saturated carbocycles. The van der Waals surface area contributed by atoms with Gasteiger partial charge >= 0.3 is 0 Å². The summed E-state index contributed by atoms with van der Waals surface area (Å²) in [5.41, 5.74) is 0. The first-order valence-electron chi connectivity index (χ1n) is 7.25. The lowest BCUT2D eigenvalue weighted by atomic mass is 9.80. The highest BCUT2D eigenvalue weighted by Crippen LogP contribution is 2.34. The summed E-state index contributed by atoms with van der Waals surface area (Å²) in [5, 5.41) is 10.2. The second-order valence-electron chi connectivity index (χ2n) is 6.06. The van der Waals surface area contributed by atoms with E-state index in [1.807, 2.05) is 0 Å². The molecule has 2 fully saturated rings. The molecule has 0 amide bonds. The molecule has 17 heavy (non-hydrogen) atoms. The lowest BCUT2D eigenvalue weighted by Gasteiger charge is -2.37. The van der Waals surface area contributed by atoms with E-state index >= 15 is 0 Å². The van der Waals surface area contributed by atoms with Gasteiger partial charge in [-0.25, -0.2) is 0 Å². The quantitative estimate of drug-likeness (QED) is 0.808. The van der Waals surface area contributed by atoms with E-state index in [0.29, 0.717) is 12.0 Å². The monoisotopic (exact) mass is 240 g/mol. The van der Waals surface area contributed by atoms with Gasteiger partial charge in [-0.1, -0.05) is 12.8 Å². The van der Waals surface area contributed by atoms with E-state index in [4.69, 9.17) is 0 Å². The fourth-order valence-corrected chi connectivity index (χ4v) is 3.53. The molecule has 1 heterocycles. The van der Waals surface area contributed by atoms with Crippen LogP contribution >= 0.6 is 0 Å². The molecule has 0 bridgehead atoms. The number of rotatable bonds is 4. The molecule has 2 rings (SSSR count). The van der Waals surface area contributed by atoms with Crippen LogP contribution in [-0.2, 0) is 0 Å². The first kappa shape index (κ1) is 13.3. The number of likely N-dealkylation sites (N-methyl/N-ethyl adjacent to an activating group) is 1. The summed E-state index contributed by atoms with van der Waals surface area (Å²) >= 11 is 0. The van der Waals surface area contributed by atoms with Crippen molar-refractivity contribution in [2.24, 2.45) is 5.92 Å². The molecule has 1 aliphatic heterocycles. The Bertz CT molecular complexity index is 232. The highest BCUT2D eigenvalue weighted by Gasteiger charge is 2.36. The third kappa shape index (κ3) is 3.43. The molecular formula is C14H28N2O. The summed E-state index contributed by atoms with van der Waals surface area (Å²) in [6.07, 6.45) is 7.40. The van der Waals surface area contributed by atoms with Crippen molar-refractivity contribution in [1.29, 1.82) is 0 Å². The van der Waals surface area contributed by atoms with Crippen LogP contribution in [-0.4, -0.2) is 60.8 Å². The molecule has 3 nitrogen and oxygen atoms in total. The van der Waals surface area contributed by atoms with Crippen molar-refractivity contribution in [3.05, 3.63) is 0 Å². The zero-order valence-electron chi connectivity index (χ0n) is 11.4. The predicted octanol–water partition coefficient (Wildman–Crippen LogP) is 1.56. The Labute approximate surface area is 106 Å². The minimum atomic E-state index is -0.0336. The zero-order chi connectivity index (χ0) is 12.3. The van der Waals surface area contributed by atoms with Crippen molar-refractivity contribution >= 4 is 0 Å². The van der Waals surface area contributed by atoms with Crippen molar-refractivity contribution in [2.45, 2.75) is 50.7 Å². The number of hydrogen-bond donors (Lipinski definition) is 1. The van der Waals surface area contributed by atoms with E-state index in [9.17, 15) is 5.11 Å². The van der Waals surface area contributed by atoms with E-state index in [1.54, 1.807) is 0 Å². The fourth-order valence-electron chi connectivity index (χ4n) is 3.53. The van der Waals surface area contributed by atoms with Crippen molar-refractivity contribution in [3.8, 4) is 0 Å². The summed E-state index contributed by atoms with van der Waals surface area (Å²) < 4.78 is 0. The average molecular weight is 240 g/mol. The minimum Gasteiger partial charge on any atom is -0.393 e. The summed E-state index contributed by atoms with van der Waals surface area (Å²) in [6.45, 7) is 3.54. The molecule has 0 aromatic rings. The Balaban J connectivity index is 1.89. The maximum atomic E-state index is 10.2. The standard InChI is InChI=1S/C14H28N2O/c1-15(2)10-11-16-9-5-7-13(16)12-6-3-4-8-14(12)17/h12-14,17H,3-11H2,1-2H3. The largest absolute Gasteiger partial charge is 0.393 e. The highest BCUT2D eigenvalue weighted by molar-refractivity contribution is 4.90. The van der Waals surface area contributed by atoms with E-state index in [2.05, 4.69) is 23.9 Å². The maximum Gasteiger partial charge on any atom is 0.0583 e. The SMILES string of the molecule is CN(C)CCN1CCCC1C1CCCCC1O. The Morgan fingerprint density at radius 1 is 1.12 bits per heavy atom. The molecule has 3 heteroatoms.